The van der Waals surface area contributed by atoms with Gasteiger partial charge in [-0.3, -0.25) is 4.79 Å². The van der Waals surface area contributed by atoms with Crippen LogP contribution in [0.5, 0.6) is 0 Å². The van der Waals surface area contributed by atoms with Gasteiger partial charge in [0.05, 0.1) is 37.4 Å². The summed E-state index contributed by atoms with van der Waals surface area (Å²) < 4.78 is 35.5. The van der Waals surface area contributed by atoms with Crippen molar-refractivity contribution in [2.45, 2.75) is 122 Å². The molecule has 3 aliphatic rings. The molecule has 2 amide bonds. The maximum Gasteiger partial charge on any atom is 0.417 e. The Morgan fingerprint density at radius 2 is 1.57 bits per heavy atom. The molecule has 1 N–H and O–H groups in total. The van der Waals surface area contributed by atoms with Gasteiger partial charge in [-0.25, -0.2) is 9.69 Å². The maximum atomic E-state index is 13.7. The van der Waals surface area contributed by atoms with Crippen molar-refractivity contribution in [3.8, 4) is 0 Å². The number of ether oxygens (including phenoxy) is 5. The zero-order valence-electron chi connectivity index (χ0n) is 22.7. The van der Waals surface area contributed by atoms with Gasteiger partial charge in [0.2, 0.25) is 5.91 Å². The number of nitrogens with zero attached hydrogens (tertiary/aromatic N) is 1. The number of aliphatic hydroxyl groups excluding tert-OH is 1. The van der Waals surface area contributed by atoms with Crippen LogP contribution in [0.4, 0.5) is 4.79 Å². The van der Waals surface area contributed by atoms with E-state index in [2.05, 4.69) is 0 Å². The molecule has 0 saturated carbocycles. The van der Waals surface area contributed by atoms with E-state index < -0.39 is 73.9 Å². The number of hydrogen-bond acceptors (Lipinski definition) is 9. The molecule has 3 rings (SSSR count). The topological polar surface area (TPSA) is 113 Å². The Morgan fingerprint density at radius 1 is 1.06 bits per heavy atom. The lowest BCUT2D eigenvalue weighted by Gasteiger charge is -2.37. The van der Waals surface area contributed by atoms with Gasteiger partial charge in [-0.15, -0.1) is 0 Å². The fourth-order valence-corrected chi connectivity index (χ4v) is 5.87. The Hall–Kier alpha value is -1.08. The molecule has 3 fully saturated rings. The first-order valence-electron chi connectivity index (χ1n) is 12.3. The lowest BCUT2D eigenvalue weighted by molar-refractivity contribution is -0.159. The number of aliphatic hydroxyl groups is 1. The van der Waals surface area contributed by atoms with E-state index in [1.54, 1.807) is 34.6 Å². The Kier molecular flexibility index (Phi) is 7.86. The third-order valence-electron chi connectivity index (χ3n) is 6.06. The fourth-order valence-electron chi connectivity index (χ4n) is 4.74. The molecular formula is C24H43NO9Si. The van der Waals surface area contributed by atoms with E-state index in [0.29, 0.717) is 0 Å². The third kappa shape index (κ3) is 7.03. The summed E-state index contributed by atoms with van der Waals surface area (Å²) in [7, 11) is -2.16. The Balaban J connectivity index is 1.95. The number of amides is 2. The molecule has 0 bridgehead atoms. The quantitative estimate of drug-likeness (QED) is 0.531. The summed E-state index contributed by atoms with van der Waals surface area (Å²) in [5, 5.41) is 11.2. The molecule has 0 spiro atoms. The van der Waals surface area contributed by atoms with Gasteiger partial charge in [-0.1, -0.05) is 0 Å². The van der Waals surface area contributed by atoms with Crippen LogP contribution in [0.15, 0.2) is 0 Å². The second kappa shape index (κ2) is 9.66. The van der Waals surface area contributed by atoms with Crippen molar-refractivity contribution in [1.82, 2.24) is 4.90 Å². The molecule has 0 aromatic heterocycles. The molecule has 3 saturated heterocycles. The summed E-state index contributed by atoms with van der Waals surface area (Å²) in [4.78, 5) is 28.1. The minimum atomic E-state index is -2.16. The normalized spacial score (nSPS) is 32.7. The average Bonchev–Trinajstić information content (AvgIpc) is 3.31. The van der Waals surface area contributed by atoms with Crippen LogP contribution in [0, 0.1) is 5.92 Å². The Bertz CT molecular complexity index is 804. The van der Waals surface area contributed by atoms with Crippen molar-refractivity contribution in [2.24, 2.45) is 5.92 Å². The summed E-state index contributed by atoms with van der Waals surface area (Å²) in [5.41, 5.74) is -0.810. The van der Waals surface area contributed by atoms with Crippen LogP contribution < -0.4 is 0 Å². The van der Waals surface area contributed by atoms with Crippen LogP contribution in [-0.4, -0.2) is 91.2 Å². The molecule has 6 atom stereocenters. The highest BCUT2D eigenvalue weighted by atomic mass is 28.4. The lowest BCUT2D eigenvalue weighted by atomic mass is 9.92. The number of rotatable bonds is 6. The van der Waals surface area contributed by atoms with E-state index in [-0.39, 0.29) is 19.6 Å². The molecule has 0 unspecified atom stereocenters. The smallest absolute Gasteiger partial charge is 0.417 e. The first kappa shape index (κ1) is 28.5. The number of likely N-dealkylation sites (tertiary alicyclic amines) is 1. The second-order valence-corrected chi connectivity index (χ2v) is 17.0. The van der Waals surface area contributed by atoms with E-state index >= 15 is 0 Å². The zero-order valence-corrected chi connectivity index (χ0v) is 23.7. The van der Waals surface area contributed by atoms with E-state index in [1.807, 2.05) is 33.5 Å². The molecule has 11 heteroatoms. The summed E-state index contributed by atoms with van der Waals surface area (Å²) in [6.07, 6.45) is -3.60. The standard InChI is InChI=1S/C24H43NO9Si/c1-22(2,3)33-21(28)25-15(19(34-35(8,9)10)17-13-30-24(6,7)32-17)11-14(20(25)27)18(26)16-12-29-23(4,5)31-16/h14-19,26H,11-13H2,1-10H3/t14-,15+,16+,17+,18-,19-/m0/s1. The van der Waals surface area contributed by atoms with Gasteiger partial charge in [0.25, 0.3) is 0 Å². The number of carbonyl (C=O) groups is 2. The summed E-state index contributed by atoms with van der Waals surface area (Å²) >= 11 is 0. The largest absolute Gasteiger partial charge is 0.443 e. The summed E-state index contributed by atoms with van der Waals surface area (Å²) in [6.45, 7) is 18.9. The molecule has 0 aromatic rings. The monoisotopic (exact) mass is 517 g/mol. The van der Waals surface area contributed by atoms with Gasteiger partial charge in [0.1, 0.15) is 17.8 Å². The molecule has 3 heterocycles. The van der Waals surface area contributed by atoms with Crippen LogP contribution in [0.3, 0.4) is 0 Å². The van der Waals surface area contributed by atoms with Crippen molar-refractivity contribution in [1.29, 1.82) is 0 Å². The highest BCUT2D eigenvalue weighted by molar-refractivity contribution is 6.69. The molecule has 0 radical (unpaired) electrons. The molecule has 0 aromatic carbocycles. The SMILES string of the molecule is CC(C)(C)OC(=O)N1C(=O)[C@H]([C@H](O)[C@H]2COC(C)(C)O2)C[C@@H]1[C@H](O[Si](C)(C)C)[C@H]1COC(C)(C)O1. The Morgan fingerprint density at radius 3 is 2.00 bits per heavy atom. The van der Waals surface area contributed by atoms with Gasteiger partial charge >= 0.3 is 6.09 Å². The molecule has 10 nitrogen and oxygen atoms in total. The van der Waals surface area contributed by atoms with Crippen LogP contribution in [-0.2, 0) is 32.9 Å². The van der Waals surface area contributed by atoms with E-state index in [9.17, 15) is 14.7 Å². The van der Waals surface area contributed by atoms with Crippen LogP contribution in [0.1, 0.15) is 54.9 Å². The second-order valence-electron chi connectivity index (χ2n) is 12.5. The predicted octanol–water partition coefficient (Wildman–Crippen LogP) is 3.02. The number of carbonyl (C=O) groups excluding carboxylic acids is 2. The van der Waals surface area contributed by atoms with Crippen LogP contribution >= 0.6 is 0 Å². The average molecular weight is 518 g/mol. The van der Waals surface area contributed by atoms with Gasteiger partial charge < -0.3 is 33.2 Å². The lowest BCUT2D eigenvalue weighted by Crippen LogP contribution is -2.55. The van der Waals surface area contributed by atoms with E-state index in [1.165, 1.54) is 0 Å². The zero-order chi connectivity index (χ0) is 26.6. The van der Waals surface area contributed by atoms with Crippen molar-refractivity contribution in [3.05, 3.63) is 0 Å². The molecule has 3 aliphatic heterocycles. The van der Waals surface area contributed by atoms with Gasteiger partial charge in [-0.2, -0.15) is 0 Å². The first-order chi connectivity index (χ1) is 15.8. The van der Waals surface area contributed by atoms with Crippen LogP contribution in [0.25, 0.3) is 0 Å². The van der Waals surface area contributed by atoms with Gasteiger partial charge in [0, 0.05) is 0 Å². The van der Waals surface area contributed by atoms with E-state index in [4.69, 9.17) is 28.1 Å². The predicted molar refractivity (Wildman–Crippen MR) is 129 cm³/mol. The summed E-state index contributed by atoms with van der Waals surface area (Å²) in [5.74, 6) is -3.09. The van der Waals surface area contributed by atoms with Crippen molar-refractivity contribution in [2.75, 3.05) is 13.2 Å². The van der Waals surface area contributed by atoms with E-state index in [0.717, 1.165) is 4.90 Å². The van der Waals surface area contributed by atoms with Gasteiger partial charge in [-0.05, 0) is 74.5 Å². The summed E-state index contributed by atoms with van der Waals surface area (Å²) in [6, 6.07) is -0.707. The van der Waals surface area contributed by atoms with Crippen molar-refractivity contribution >= 4 is 20.3 Å². The molecule has 35 heavy (non-hydrogen) atoms. The number of imide groups is 1. The minimum Gasteiger partial charge on any atom is -0.443 e. The van der Waals surface area contributed by atoms with Crippen LogP contribution in [0.2, 0.25) is 19.6 Å². The maximum absolute atomic E-state index is 13.7. The highest BCUT2D eigenvalue weighted by Crippen LogP contribution is 2.39. The first-order valence-corrected chi connectivity index (χ1v) is 15.7. The number of hydrogen-bond donors (Lipinski definition) is 1. The molecule has 0 aliphatic carbocycles. The minimum absolute atomic E-state index is 0.150. The Labute approximate surface area is 209 Å². The fraction of sp³-hybridized carbons (Fsp3) is 0.917. The third-order valence-corrected chi connectivity index (χ3v) is 7.04. The van der Waals surface area contributed by atoms with Gasteiger partial charge in [0.15, 0.2) is 19.9 Å². The highest BCUT2D eigenvalue weighted by Gasteiger charge is 2.56. The van der Waals surface area contributed by atoms with Crippen molar-refractivity contribution < 1.29 is 42.8 Å². The molecular weight excluding hydrogens is 474 g/mol. The molecule has 202 valence electrons. The van der Waals surface area contributed by atoms with Crippen molar-refractivity contribution in [3.63, 3.8) is 0 Å².